The zero-order chi connectivity index (χ0) is 13.1. The van der Waals surface area contributed by atoms with Crippen LogP contribution in [-0.4, -0.2) is 34.1 Å². The number of nitrogens with zero attached hydrogens (tertiary/aromatic N) is 4. The predicted octanol–water partition coefficient (Wildman–Crippen LogP) is 1.05. The second kappa shape index (κ2) is 5.20. The number of nitrogens with two attached hydrogens (primary N) is 1. The van der Waals surface area contributed by atoms with Crippen molar-refractivity contribution < 1.29 is 5.21 Å². The fraction of sp³-hybridized carbons (Fsp3) is 0.583. The summed E-state index contributed by atoms with van der Waals surface area (Å²) in [6, 6.07) is 1.63. The molecular weight excluding hydrogens is 230 g/mol. The maximum absolute atomic E-state index is 8.65. The molecule has 2 heterocycles. The van der Waals surface area contributed by atoms with Crippen LogP contribution in [0.3, 0.4) is 0 Å². The summed E-state index contributed by atoms with van der Waals surface area (Å²) in [5.74, 6) is 2.02. The van der Waals surface area contributed by atoms with Gasteiger partial charge in [-0.05, 0) is 24.3 Å². The van der Waals surface area contributed by atoms with Gasteiger partial charge in [-0.1, -0.05) is 19.0 Å². The molecule has 0 aliphatic carbocycles. The quantitative estimate of drug-likeness (QED) is 0.362. The van der Waals surface area contributed by atoms with E-state index in [4.69, 9.17) is 10.9 Å². The van der Waals surface area contributed by atoms with Gasteiger partial charge < -0.3 is 15.8 Å². The van der Waals surface area contributed by atoms with Crippen LogP contribution in [0.25, 0.3) is 0 Å². The number of amidine groups is 1. The summed E-state index contributed by atoms with van der Waals surface area (Å²) in [5.41, 5.74) is 5.98. The van der Waals surface area contributed by atoms with Gasteiger partial charge in [-0.25, -0.2) is 9.97 Å². The van der Waals surface area contributed by atoms with Gasteiger partial charge in [0.05, 0.1) is 0 Å². The van der Waals surface area contributed by atoms with E-state index in [1.54, 1.807) is 12.3 Å². The first-order valence-electron chi connectivity index (χ1n) is 6.17. The molecule has 1 aliphatic rings. The first-order valence-corrected chi connectivity index (χ1v) is 6.17. The number of rotatable bonds is 3. The summed E-state index contributed by atoms with van der Waals surface area (Å²) in [5, 5.41) is 11.6. The molecular formula is C12H19N5O. The van der Waals surface area contributed by atoms with Crippen LogP contribution in [0.1, 0.15) is 26.0 Å². The SMILES string of the molecule is CC(C)C1CCN(c2nccc(/C(N)=N/O)n2)C1. The Bertz CT molecular complexity index is 446. The number of anilines is 1. The molecule has 0 spiro atoms. The Hall–Kier alpha value is -1.85. The van der Waals surface area contributed by atoms with E-state index in [2.05, 4.69) is 33.9 Å². The molecule has 0 saturated carbocycles. The molecule has 6 nitrogen and oxygen atoms in total. The molecule has 18 heavy (non-hydrogen) atoms. The summed E-state index contributed by atoms with van der Waals surface area (Å²) in [4.78, 5) is 10.7. The molecule has 1 fully saturated rings. The summed E-state index contributed by atoms with van der Waals surface area (Å²) < 4.78 is 0. The monoisotopic (exact) mass is 249 g/mol. The normalized spacial score (nSPS) is 20.7. The molecule has 0 amide bonds. The van der Waals surface area contributed by atoms with Crippen molar-refractivity contribution in [2.75, 3.05) is 18.0 Å². The van der Waals surface area contributed by atoms with Gasteiger partial charge in [-0.2, -0.15) is 0 Å². The van der Waals surface area contributed by atoms with E-state index in [0.29, 0.717) is 23.5 Å². The molecule has 1 aliphatic heterocycles. The Morgan fingerprint density at radius 2 is 2.39 bits per heavy atom. The van der Waals surface area contributed by atoms with Crippen molar-refractivity contribution in [1.82, 2.24) is 9.97 Å². The van der Waals surface area contributed by atoms with Crippen LogP contribution in [0.15, 0.2) is 17.4 Å². The third kappa shape index (κ3) is 2.52. The molecule has 98 valence electrons. The Morgan fingerprint density at radius 1 is 1.61 bits per heavy atom. The van der Waals surface area contributed by atoms with Crippen molar-refractivity contribution in [3.05, 3.63) is 18.0 Å². The number of aromatic nitrogens is 2. The lowest BCUT2D eigenvalue weighted by molar-refractivity contribution is 0.318. The minimum Gasteiger partial charge on any atom is -0.409 e. The minimum absolute atomic E-state index is 0.0123. The zero-order valence-electron chi connectivity index (χ0n) is 10.7. The molecule has 1 aromatic heterocycles. The Morgan fingerprint density at radius 3 is 3.00 bits per heavy atom. The van der Waals surface area contributed by atoms with Crippen LogP contribution < -0.4 is 10.6 Å². The molecule has 0 bridgehead atoms. The molecule has 1 unspecified atom stereocenters. The lowest BCUT2D eigenvalue weighted by atomic mass is 9.95. The Balaban J connectivity index is 2.15. The van der Waals surface area contributed by atoms with Crippen molar-refractivity contribution in [3.63, 3.8) is 0 Å². The minimum atomic E-state index is 0.0123. The van der Waals surface area contributed by atoms with Gasteiger partial charge in [0.25, 0.3) is 0 Å². The fourth-order valence-corrected chi connectivity index (χ4v) is 2.21. The average molecular weight is 249 g/mol. The van der Waals surface area contributed by atoms with E-state index in [9.17, 15) is 0 Å². The van der Waals surface area contributed by atoms with Crippen LogP contribution in [-0.2, 0) is 0 Å². The van der Waals surface area contributed by atoms with Gasteiger partial charge in [0.2, 0.25) is 5.95 Å². The lowest BCUT2D eigenvalue weighted by Gasteiger charge is -2.18. The van der Waals surface area contributed by atoms with Crippen LogP contribution in [0.2, 0.25) is 0 Å². The third-order valence-electron chi connectivity index (χ3n) is 3.46. The summed E-state index contributed by atoms with van der Waals surface area (Å²) >= 11 is 0. The number of hydrogen-bond donors (Lipinski definition) is 2. The van der Waals surface area contributed by atoms with Crippen molar-refractivity contribution >= 4 is 11.8 Å². The van der Waals surface area contributed by atoms with E-state index in [1.807, 2.05) is 0 Å². The van der Waals surface area contributed by atoms with Crippen LogP contribution in [0.4, 0.5) is 5.95 Å². The highest BCUT2D eigenvalue weighted by Crippen LogP contribution is 2.26. The Labute approximate surface area is 107 Å². The molecule has 0 radical (unpaired) electrons. The van der Waals surface area contributed by atoms with E-state index < -0.39 is 0 Å². The van der Waals surface area contributed by atoms with Crippen molar-refractivity contribution in [1.29, 1.82) is 0 Å². The average Bonchev–Trinajstić information content (AvgIpc) is 2.88. The lowest BCUT2D eigenvalue weighted by Crippen LogP contribution is -2.25. The zero-order valence-corrected chi connectivity index (χ0v) is 10.7. The van der Waals surface area contributed by atoms with Gasteiger partial charge in [0, 0.05) is 19.3 Å². The van der Waals surface area contributed by atoms with Gasteiger partial charge in [0.15, 0.2) is 5.84 Å². The molecule has 2 rings (SSSR count). The van der Waals surface area contributed by atoms with Crippen molar-refractivity contribution in [3.8, 4) is 0 Å². The molecule has 3 N–H and O–H groups in total. The highest BCUT2D eigenvalue weighted by atomic mass is 16.4. The fourth-order valence-electron chi connectivity index (χ4n) is 2.21. The number of oxime groups is 1. The predicted molar refractivity (Wildman–Crippen MR) is 69.7 cm³/mol. The molecule has 0 aromatic carbocycles. The Kier molecular flexibility index (Phi) is 3.64. The van der Waals surface area contributed by atoms with Crippen molar-refractivity contribution in [2.24, 2.45) is 22.7 Å². The third-order valence-corrected chi connectivity index (χ3v) is 3.46. The first-order chi connectivity index (χ1) is 8.61. The molecule has 1 saturated heterocycles. The van der Waals surface area contributed by atoms with E-state index in [1.165, 1.54) is 0 Å². The largest absolute Gasteiger partial charge is 0.409 e. The van der Waals surface area contributed by atoms with E-state index >= 15 is 0 Å². The van der Waals surface area contributed by atoms with Crippen molar-refractivity contribution in [2.45, 2.75) is 20.3 Å². The standard InChI is InChI=1S/C12H19N5O/c1-8(2)9-4-6-17(7-9)12-14-5-3-10(15-12)11(13)16-18/h3,5,8-9,18H,4,6-7H2,1-2H3,(H2,13,16). The van der Waals surface area contributed by atoms with Gasteiger partial charge in [-0.15, -0.1) is 0 Å². The molecule has 1 aromatic rings. The van der Waals surface area contributed by atoms with E-state index in [0.717, 1.165) is 19.5 Å². The summed E-state index contributed by atoms with van der Waals surface area (Å²) in [7, 11) is 0. The summed E-state index contributed by atoms with van der Waals surface area (Å²) in [6.45, 7) is 6.41. The first kappa shape index (κ1) is 12.6. The number of hydrogen-bond acceptors (Lipinski definition) is 5. The van der Waals surface area contributed by atoms with Gasteiger partial charge in [-0.3, -0.25) is 0 Å². The molecule has 1 atom stereocenters. The van der Waals surface area contributed by atoms with Crippen LogP contribution in [0, 0.1) is 11.8 Å². The van der Waals surface area contributed by atoms with Crippen LogP contribution in [0.5, 0.6) is 0 Å². The molecule has 6 heteroatoms. The van der Waals surface area contributed by atoms with Gasteiger partial charge >= 0.3 is 0 Å². The maximum Gasteiger partial charge on any atom is 0.225 e. The second-order valence-corrected chi connectivity index (χ2v) is 4.97. The maximum atomic E-state index is 8.65. The highest BCUT2D eigenvalue weighted by Gasteiger charge is 2.26. The second-order valence-electron chi connectivity index (χ2n) is 4.97. The summed E-state index contributed by atoms with van der Waals surface area (Å²) in [6.07, 6.45) is 2.80. The van der Waals surface area contributed by atoms with Crippen LogP contribution >= 0.6 is 0 Å². The van der Waals surface area contributed by atoms with E-state index in [-0.39, 0.29) is 5.84 Å². The highest BCUT2D eigenvalue weighted by molar-refractivity contribution is 5.95. The smallest absolute Gasteiger partial charge is 0.225 e. The topological polar surface area (TPSA) is 87.6 Å². The van der Waals surface area contributed by atoms with Gasteiger partial charge in [0.1, 0.15) is 5.69 Å².